The first-order chi connectivity index (χ1) is 10.2. The van der Waals surface area contributed by atoms with Gasteiger partial charge in [-0.05, 0) is 35.9 Å². The van der Waals surface area contributed by atoms with Crippen molar-refractivity contribution in [1.29, 1.82) is 0 Å². The molecular formula is C16H13BrN2O2. The second-order valence-electron chi connectivity index (χ2n) is 4.63. The zero-order valence-electron chi connectivity index (χ0n) is 11.4. The Morgan fingerprint density at radius 1 is 1.24 bits per heavy atom. The van der Waals surface area contributed by atoms with Crippen LogP contribution in [0.1, 0.15) is 5.56 Å². The number of rotatable bonds is 3. The van der Waals surface area contributed by atoms with Gasteiger partial charge in [0.25, 0.3) is 5.56 Å². The highest BCUT2D eigenvalue weighted by Crippen LogP contribution is 2.23. The van der Waals surface area contributed by atoms with E-state index in [0.717, 1.165) is 26.8 Å². The number of fused-ring (bicyclic) bond motifs is 1. The topological polar surface area (TPSA) is 44.1 Å². The van der Waals surface area contributed by atoms with E-state index in [0.29, 0.717) is 6.54 Å². The summed E-state index contributed by atoms with van der Waals surface area (Å²) < 4.78 is 7.90. The highest BCUT2D eigenvalue weighted by atomic mass is 79.9. The van der Waals surface area contributed by atoms with Crippen LogP contribution >= 0.6 is 15.9 Å². The average Bonchev–Trinajstić information content (AvgIpc) is 2.52. The number of hydrogen-bond donors (Lipinski definition) is 0. The van der Waals surface area contributed by atoms with E-state index in [9.17, 15) is 4.79 Å². The predicted octanol–water partition coefficient (Wildman–Crippen LogP) is 3.22. The third-order valence-electron chi connectivity index (χ3n) is 3.33. The fourth-order valence-electron chi connectivity index (χ4n) is 2.25. The quantitative estimate of drug-likeness (QED) is 0.732. The monoisotopic (exact) mass is 344 g/mol. The van der Waals surface area contributed by atoms with E-state index >= 15 is 0 Å². The number of methoxy groups -OCH3 is 1. The van der Waals surface area contributed by atoms with Crippen LogP contribution in [0.25, 0.3) is 11.0 Å². The van der Waals surface area contributed by atoms with E-state index in [1.54, 1.807) is 11.7 Å². The Morgan fingerprint density at radius 3 is 2.86 bits per heavy atom. The molecule has 0 saturated heterocycles. The number of halogens is 1. The molecule has 0 fully saturated rings. The van der Waals surface area contributed by atoms with Gasteiger partial charge >= 0.3 is 0 Å². The van der Waals surface area contributed by atoms with E-state index in [2.05, 4.69) is 20.9 Å². The Balaban J connectivity index is 2.14. The molecule has 0 bridgehead atoms. The maximum Gasteiger partial charge on any atom is 0.269 e. The van der Waals surface area contributed by atoms with E-state index in [4.69, 9.17) is 4.74 Å². The molecule has 0 radical (unpaired) electrons. The molecule has 0 unspecified atom stereocenters. The highest BCUT2D eigenvalue weighted by molar-refractivity contribution is 9.10. The minimum atomic E-state index is -0.122. The molecule has 0 amide bonds. The van der Waals surface area contributed by atoms with Crippen molar-refractivity contribution >= 4 is 27.0 Å². The molecular weight excluding hydrogens is 332 g/mol. The lowest BCUT2D eigenvalue weighted by molar-refractivity contribution is 0.414. The zero-order chi connectivity index (χ0) is 14.8. The van der Waals surface area contributed by atoms with Gasteiger partial charge in [0, 0.05) is 4.47 Å². The lowest BCUT2D eigenvalue weighted by Crippen LogP contribution is -2.21. The van der Waals surface area contributed by atoms with E-state index in [1.165, 1.54) is 6.20 Å². The van der Waals surface area contributed by atoms with Crippen molar-refractivity contribution in [1.82, 2.24) is 9.55 Å². The lowest BCUT2D eigenvalue weighted by Gasteiger charge is -2.12. The third-order valence-corrected chi connectivity index (χ3v) is 4.11. The second-order valence-corrected chi connectivity index (χ2v) is 5.48. The maximum absolute atomic E-state index is 12.2. The lowest BCUT2D eigenvalue weighted by atomic mass is 10.2. The fourth-order valence-corrected chi connectivity index (χ4v) is 2.62. The van der Waals surface area contributed by atoms with Crippen LogP contribution in [0.5, 0.6) is 5.75 Å². The third kappa shape index (κ3) is 2.69. The standard InChI is InChI=1S/C16H13BrN2O2/c1-21-12-6-7-13(17)11(8-12)10-19-15-5-3-2-4-14(15)18-9-16(19)20/h2-9H,10H2,1H3. The van der Waals surface area contributed by atoms with Crippen LogP contribution < -0.4 is 10.3 Å². The van der Waals surface area contributed by atoms with Crippen molar-refractivity contribution in [2.75, 3.05) is 7.11 Å². The summed E-state index contributed by atoms with van der Waals surface area (Å²) in [6.45, 7) is 0.458. The molecule has 0 N–H and O–H groups in total. The van der Waals surface area contributed by atoms with Crippen LogP contribution in [-0.4, -0.2) is 16.7 Å². The van der Waals surface area contributed by atoms with Crippen LogP contribution in [0.2, 0.25) is 0 Å². The predicted molar refractivity (Wildman–Crippen MR) is 85.8 cm³/mol. The molecule has 1 heterocycles. The molecule has 0 atom stereocenters. The number of hydrogen-bond acceptors (Lipinski definition) is 3. The fraction of sp³-hybridized carbons (Fsp3) is 0.125. The second kappa shape index (κ2) is 5.69. The first kappa shape index (κ1) is 13.8. The largest absolute Gasteiger partial charge is 0.497 e. The van der Waals surface area contributed by atoms with Gasteiger partial charge in [-0.3, -0.25) is 4.79 Å². The summed E-state index contributed by atoms with van der Waals surface area (Å²) in [5, 5.41) is 0. The molecule has 106 valence electrons. The SMILES string of the molecule is COc1ccc(Br)c(Cn2c(=O)cnc3ccccc32)c1. The van der Waals surface area contributed by atoms with Crippen LogP contribution in [-0.2, 0) is 6.54 Å². The Morgan fingerprint density at radius 2 is 2.05 bits per heavy atom. The first-order valence-corrected chi connectivity index (χ1v) is 7.25. The van der Waals surface area contributed by atoms with Gasteiger partial charge in [0.15, 0.2) is 0 Å². The summed E-state index contributed by atoms with van der Waals surface area (Å²) in [5.74, 6) is 0.764. The van der Waals surface area contributed by atoms with Crippen molar-refractivity contribution in [2.45, 2.75) is 6.54 Å². The number of para-hydroxylation sites is 2. The number of aromatic nitrogens is 2. The van der Waals surface area contributed by atoms with Gasteiger partial charge in [-0.2, -0.15) is 0 Å². The van der Waals surface area contributed by atoms with Crippen molar-refractivity contribution in [3.63, 3.8) is 0 Å². The van der Waals surface area contributed by atoms with Gasteiger partial charge in [-0.1, -0.05) is 28.1 Å². The Labute approximate surface area is 130 Å². The Hall–Kier alpha value is -2.14. The minimum Gasteiger partial charge on any atom is -0.497 e. The minimum absolute atomic E-state index is 0.122. The molecule has 4 nitrogen and oxygen atoms in total. The van der Waals surface area contributed by atoms with Gasteiger partial charge in [-0.25, -0.2) is 4.98 Å². The number of ether oxygens (including phenoxy) is 1. The molecule has 0 aliphatic heterocycles. The molecule has 2 aromatic carbocycles. The van der Waals surface area contributed by atoms with Crippen molar-refractivity contribution in [3.8, 4) is 5.75 Å². The summed E-state index contributed by atoms with van der Waals surface area (Å²) >= 11 is 3.52. The smallest absolute Gasteiger partial charge is 0.269 e. The summed E-state index contributed by atoms with van der Waals surface area (Å²) in [4.78, 5) is 16.3. The summed E-state index contributed by atoms with van der Waals surface area (Å²) in [6, 6.07) is 13.3. The molecule has 0 aliphatic rings. The van der Waals surface area contributed by atoms with Crippen molar-refractivity contribution in [3.05, 3.63) is 69.1 Å². The molecule has 0 spiro atoms. The average molecular weight is 345 g/mol. The Kier molecular flexibility index (Phi) is 3.75. The summed E-state index contributed by atoms with van der Waals surface area (Å²) in [7, 11) is 1.63. The van der Waals surface area contributed by atoms with Crippen LogP contribution in [0.15, 0.2) is 57.9 Å². The highest BCUT2D eigenvalue weighted by Gasteiger charge is 2.08. The van der Waals surface area contributed by atoms with Crippen LogP contribution in [0, 0.1) is 0 Å². The van der Waals surface area contributed by atoms with Crippen molar-refractivity contribution in [2.24, 2.45) is 0 Å². The van der Waals surface area contributed by atoms with E-state index < -0.39 is 0 Å². The molecule has 21 heavy (non-hydrogen) atoms. The molecule has 3 rings (SSSR count). The van der Waals surface area contributed by atoms with E-state index in [-0.39, 0.29) is 5.56 Å². The van der Waals surface area contributed by atoms with Crippen LogP contribution in [0.4, 0.5) is 0 Å². The number of benzene rings is 2. The Bertz CT molecular complexity index is 858. The van der Waals surface area contributed by atoms with Crippen LogP contribution in [0.3, 0.4) is 0 Å². The summed E-state index contributed by atoms with van der Waals surface area (Å²) in [6.07, 6.45) is 1.36. The van der Waals surface area contributed by atoms with Gasteiger partial charge in [0.2, 0.25) is 0 Å². The van der Waals surface area contributed by atoms with Crippen molar-refractivity contribution < 1.29 is 4.74 Å². The van der Waals surface area contributed by atoms with Gasteiger partial charge in [0.05, 0.1) is 30.9 Å². The molecule has 3 aromatic rings. The molecule has 5 heteroatoms. The molecule has 0 aliphatic carbocycles. The van der Waals surface area contributed by atoms with Gasteiger partial charge in [-0.15, -0.1) is 0 Å². The molecule has 1 aromatic heterocycles. The number of nitrogens with zero attached hydrogens (tertiary/aromatic N) is 2. The normalized spacial score (nSPS) is 10.8. The van der Waals surface area contributed by atoms with E-state index in [1.807, 2.05) is 42.5 Å². The summed E-state index contributed by atoms with van der Waals surface area (Å²) in [5.41, 5.74) is 2.48. The molecule has 0 saturated carbocycles. The maximum atomic E-state index is 12.2. The zero-order valence-corrected chi connectivity index (χ0v) is 13.0. The first-order valence-electron chi connectivity index (χ1n) is 6.46. The van der Waals surface area contributed by atoms with Gasteiger partial charge in [0.1, 0.15) is 5.75 Å². The van der Waals surface area contributed by atoms with Gasteiger partial charge < -0.3 is 9.30 Å².